The van der Waals surface area contributed by atoms with Crippen LogP contribution in [0.1, 0.15) is 194 Å². The summed E-state index contributed by atoms with van der Waals surface area (Å²) in [5.74, 6) is -2.30. The largest absolute Gasteiger partial charge is 0.480 e. The monoisotopic (exact) mass is 773 g/mol. The van der Waals surface area contributed by atoms with E-state index in [0.717, 1.165) is 89.9 Å². The van der Waals surface area contributed by atoms with Gasteiger partial charge >= 0.3 is 11.9 Å². The van der Waals surface area contributed by atoms with E-state index in [1.165, 1.54) is 70.6 Å². The second-order valence-electron chi connectivity index (χ2n) is 14.8. The second kappa shape index (κ2) is 40.5. The minimum Gasteiger partial charge on any atom is -0.480 e. The molecule has 0 saturated heterocycles. The summed E-state index contributed by atoms with van der Waals surface area (Å²) >= 11 is 0. The quantitative estimate of drug-likeness (QED) is 0.0277. The Labute approximate surface area is 335 Å². The van der Waals surface area contributed by atoms with Gasteiger partial charge in [-0.2, -0.15) is 0 Å². The van der Waals surface area contributed by atoms with Crippen molar-refractivity contribution in [3.05, 3.63) is 48.6 Å². The molecule has 0 spiro atoms. The van der Waals surface area contributed by atoms with Crippen LogP contribution in [0.15, 0.2) is 48.6 Å². The third-order valence-corrected chi connectivity index (χ3v) is 9.59. The predicted molar refractivity (Wildman–Crippen MR) is 227 cm³/mol. The summed E-state index contributed by atoms with van der Waals surface area (Å²) in [5, 5.41) is 22.5. The molecular weight excluding hydrogens is 693 g/mol. The Hall–Kier alpha value is -3.20. The number of esters is 1. The SMILES string of the molecule is CC/C=C\C/C=C\C/C=C\C/C=C\CCCCCCCCCCC(=O)OC(CCCCCCCC)CCCCCCCC(=O)NCC(=O)NC(CO)C(=O)O. The number of unbranched alkanes of at least 4 members (excludes halogenated alkanes) is 17. The zero-order valence-electron chi connectivity index (χ0n) is 34.9. The van der Waals surface area contributed by atoms with Gasteiger partial charge in [-0.3, -0.25) is 14.4 Å². The van der Waals surface area contributed by atoms with Gasteiger partial charge in [-0.1, -0.05) is 152 Å². The van der Waals surface area contributed by atoms with E-state index in [9.17, 15) is 19.2 Å². The third kappa shape index (κ3) is 37.5. The zero-order valence-corrected chi connectivity index (χ0v) is 34.9. The number of carboxylic acid groups (broad SMARTS) is 1. The van der Waals surface area contributed by atoms with E-state index in [1.807, 2.05) is 0 Å². The minimum absolute atomic E-state index is 0.0150. The van der Waals surface area contributed by atoms with E-state index >= 15 is 0 Å². The maximum Gasteiger partial charge on any atom is 0.328 e. The molecule has 0 aliphatic heterocycles. The van der Waals surface area contributed by atoms with Crippen molar-refractivity contribution in [3.8, 4) is 0 Å². The number of allylic oxidation sites excluding steroid dienone is 8. The van der Waals surface area contributed by atoms with Gasteiger partial charge in [0.15, 0.2) is 0 Å². The average molecular weight is 773 g/mol. The molecule has 0 aromatic heterocycles. The molecular formula is C46H80N2O7. The first kappa shape index (κ1) is 51.8. The molecule has 316 valence electrons. The number of nitrogens with one attached hydrogen (secondary N) is 2. The van der Waals surface area contributed by atoms with Gasteiger partial charge in [-0.15, -0.1) is 0 Å². The van der Waals surface area contributed by atoms with Crippen LogP contribution < -0.4 is 10.6 Å². The van der Waals surface area contributed by atoms with Crippen molar-refractivity contribution >= 4 is 23.8 Å². The first-order valence-electron chi connectivity index (χ1n) is 22.0. The number of aliphatic carboxylic acids is 1. The summed E-state index contributed by atoms with van der Waals surface area (Å²) in [6.45, 7) is 3.34. The maximum atomic E-state index is 12.7. The highest BCUT2D eigenvalue weighted by Gasteiger charge is 2.19. The highest BCUT2D eigenvalue weighted by molar-refractivity contribution is 5.87. The number of aliphatic hydroxyl groups is 1. The number of hydrogen-bond acceptors (Lipinski definition) is 6. The van der Waals surface area contributed by atoms with Crippen molar-refractivity contribution in [2.24, 2.45) is 0 Å². The molecule has 55 heavy (non-hydrogen) atoms. The van der Waals surface area contributed by atoms with Gasteiger partial charge in [0, 0.05) is 12.8 Å². The lowest BCUT2D eigenvalue weighted by molar-refractivity contribution is -0.150. The molecule has 0 rings (SSSR count). The van der Waals surface area contributed by atoms with Gasteiger partial charge in [-0.05, 0) is 77.0 Å². The Morgan fingerprint density at radius 2 is 1.04 bits per heavy atom. The predicted octanol–water partition coefficient (Wildman–Crippen LogP) is 10.8. The van der Waals surface area contributed by atoms with E-state index in [0.29, 0.717) is 19.3 Å². The van der Waals surface area contributed by atoms with Crippen LogP contribution in [-0.2, 0) is 23.9 Å². The number of aliphatic hydroxyl groups excluding tert-OH is 1. The van der Waals surface area contributed by atoms with Gasteiger partial charge in [0.25, 0.3) is 0 Å². The molecule has 0 saturated carbocycles. The van der Waals surface area contributed by atoms with E-state index in [4.69, 9.17) is 14.9 Å². The molecule has 0 bridgehead atoms. The van der Waals surface area contributed by atoms with E-state index < -0.39 is 24.5 Å². The fourth-order valence-corrected chi connectivity index (χ4v) is 6.24. The highest BCUT2D eigenvalue weighted by atomic mass is 16.5. The van der Waals surface area contributed by atoms with Crippen molar-refractivity contribution in [2.45, 2.75) is 206 Å². The summed E-state index contributed by atoms with van der Waals surface area (Å²) in [6.07, 6.45) is 47.2. The molecule has 9 heteroatoms. The molecule has 0 aromatic carbocycles. The summed E-state index contributed by atoms with van der Waals surface area (Å²) in [7, 11) is 0. The third-order valence-electron chi connectivity index (χ3n) is 9.59. The zero-order chi connectivity index (χ0) is 40.5. The summed E-state index contributed by atoms with van der Waals surface area (Å²) in [6, 6.07) is -1.38. The molecule has 0 aliphatic carbocycles. The smallest absolute Gasteiger partial charge is 0.328 e. The van der Waals surface area contributed by atoms with E-state index in [-0.39, 0.29) is 24.5 Å². The molecule has 4 N–H and O–H groups in total. The summed E-state index contributed by atoms with van der Waals surface area (Å²) in [4.78, 5) is 47.4. The first-order valence-corrected chi connectivity index (χ1v) is 22.0. The first-order chi connectivity index (χ1) is 26.8. The summed E-state index contributed by atoms with van der Waals surface area (Å²) < 4.78 is 5.99. The Balaban J connectivity index is 4.07. The Bertz CT molecular complexity index is 1070. The lowest BCUT2D eigenvalue weighted by Crippen LogP contribution is -2.47. The van der Waals surface area contributed by atoms with Crippen LogP contribution in [0.2, 0.25) is 0 Å². The number of carboxylic acids is 1. The van der Waals surface area contributed by atoms with Gasteiger partial charge in [0.05, 0.1) is 13.2 Å². The molecule has 9 nitrogen and oxygen atoms in total. The molecule has 0 radical (unpaired) electrons. The normalized spacial score (nSPS) is 12.9. The molecule has 2 atom stereocenters. The number of hydrogen-bond donors (Lipinski definition) is 4. The van der Waals surface area contributed by atoms with Crippen molar-refractivity contribution in [2.75, 3.05) is 13.2 Å². The fraction of sp³-hybridized carbons (Fsp3) is 0.739. The lowest BCUT2D eigenvalue weighted by Gasteiger charge is -2.18. The number of ether oxygens (including phenoxy) is 1. The van der Waals surface area contributed by atoms with Crippen LogP contribution in [0.3, 0.4) is 0 Å². The summed E-state index contributed by atoms with van der Waals surface area (Å²) in [5.41, 5.74) is 0. The number of amides is 2. The van der Waals surface area contributed by atoms with Crippen LogP contribution in [-0.4, -0.2) is 59.3 Å². The van der Waals surface area contributed by atoms with Crippen molar-refractivity contribution in [1.29, 1.82) is 0 Å². The van der Waals surface area contributed by atoms with Crippen LogP contribution in [0, 0.1) is 0 Å². The van der Waals surface area contributed by atoms with E-state index in [2.05, 4.69) is 73.1 Å². The average Bonchev–Trinajstić information content (AvgIpc) is 3.17. The molecule has 2 amide bonds. The van der Waals surface area contributed by atoms with Crippen molar-refractivity contribution < 1.29 is 34.1 Å². The molecule has 2 unspecified atom stereocenters. The molecule has 0 heterocycles. The standard InChI is InChI=1S/C46H80N2O7/c1-3-5-7-9-11-12-13-14-15-16-17-18-19-20-21-22-23-24-25-30-34-38-45(52)55-41(35-31-27-10-8-6-4-2)36-32-28-26-29-33-37-43(50)47-39-44(51)48-42(40-49)46(53)54/h5,7,11-12,14-15,17-18,41-42,49H,3-4,6,8-10,13,16,19-40H2,1-2H3,(H,47,50)(H,48,51)(H,53,54)/b7-5-,12-11-,15-14-,18-17-. The van der Waals surface area contributed by atoms with Gasteiger partial charge in [0.1, 0.15) is 12.1 Å². The van der Waals surface area contributed by atoms with Crippen LogP contribution in [0.25, 0.3) is 0 Å². The van der Waals surface area contributed by atoms with Gasteiger partial charge in [-0.25, -0.2) is 4.79 Å². The minimum atomic E-state index is -1.38. The lowest BCUT2D eigenvalue weighted by atomic mass is 10.0. The van der Waals surface area contributed by atoms with Gasteiger partial charge < -0.3 is 25.6 Å². The fourth-order valence-electron chi connectivity index (χ4n) is 6.24. The Morgan fingerprint density at radius 1 is 0.564 bits per heavy atom. The van der Waals surface area contributed by atoms with Crippen LogP contribution in [0.5, 0.6) is 0 Å². The number of rotatable bonds is 39. The number of carbonyl (C=O) groups excluding carboxylic acids is 3. The highest BCUT2D eigenvalue weighted by Crippen LogP contribution is 2.18. The Morgan fingerprint density at radius 3 is 1.56 bits per heavy atom. The van der Waals surface area contributed by atoms with Gasteiger partial charge in [0.2, 0.25) is 11.8 Å². The van der Waals surface area contributed by atoms with Crippen LogP contribution in [0.4, 0.5) is 0 Å². The molecule has 0 fully saturated rings. The topological polar surface area (TPSA) is 142 Å². The van der Waals surface area contributed by atoms with Crippen LogP contribution >= 0.6 is 0 Å². The maximum absolute atomic E-state index is 12.7. The second-order valence-corrected chi connectivity index (χ2v) is 14.8. The van der Waals surface area contributed by atoms with Crippen molar-refractivity contribution in [1.82, 2.24) is 10.6 Å². The number of carbonyl (C=O) groups is 4. The molecule has 0 aromatic rings. The molecule has 0 aliphatic rings. The van der Waals surface area contributed by atoms with Crippen molar-refractivity contribution in [3.63, 3.8) is 0 Å². The van der Waals surface area contributed by atoms with E-state index in [1.54, 1.807) is 0 Å². The Kier molecular flexibility index (Phi) is 38.1.